The van der Waals surface area contributed by atoms with Gasteiger partial charge in [-0.15, -0.1) is 22.7 Å². The summed E-state index contributed by atoms with van der Waals surface area (Å²) in [5.41, 5.74) is 12.8. The van der Waals surface area contributed by atoms with Crippen molar-refractivity contribution in [3.8, 4) is 44.6 Å². The number of hydrogen-bond acceptors (Lipinski definition) is 3. The highest BCUT2D eigenvalue weighted by molar-refractivity contribution is 7.26. The summed E-state index contributed by atoms with van der Waals surface area (Å²) in [6, 6.07) is 76.3. The Balaban J connectivity index is 0.867. The van der Waals surface area contributed by atoms with Crippen molar-refractivity contribution in [2.75, 3.05) is 0 Å². The van der Waals surface area contributed by atoms with E-state index in [0.717, 1.165) is 27.9 Å². The molecule has 0 unspecified atom stereocenters. The van der Waals surface area contributed by atoms with Crippen LogP contribution in [-0.2, 0) is 0 Å². The van der Waals surface area contributed by atoms with E-state index < -0.39 is 0 Å². The van der Waals surface area contributed by atoms with Crippen LogP contribution in [-0.4, -0.2) is 9.38 Å². The van der Waals surface area contributed by atoms with Crippen molar-refractivity contribution >= 4 is 112 Å². The average molecular weight is 835 g/mol. The predicted molar refractivity (Wildman–Crippen MR) is 273 cm³/mol. The van der Waals surface area contributed by atoms with Crippen LogP contribution in [0.3, 0.4) is 0 Å². The number of aromatic nitrogens is 2. The molecule has 0 amide bonds. The standard InChI is InChI=1S/C59H34N2S2/c1-2-10-40-30-43-32-54-52(31-42(43)29-39(40)9-1)60-59-58-51(49-14-6-8-16-56(49)63-58)34-53(61(54)59)38-23-21-37(22-24-38)45-28-27-44(46-11-3-4-12-47(45)46)36-19-17-35(18-20-36)41-25-26-50-48-13-5-7-15-55(48)62-57(50)33-41/h1-34H. The van der Waals surface area contributed by atoms with Crippen molar-refractivity contribution in [1.82, 2.24) is 9.38 Å². The van der Waals surface area contributed by atoms with Crippen LogP contribution in [0.25, 0.3) is 134 Å². The zero-order valence-electron chi connectivity index (χ0n) is 33.8. The Bertz CT molecular complexity index is 4190. The molecule has 63 heavy (non-hydrogen) atoms. The van der Waals surface area contributed by atoms with Crippen LogP contribution in [0.2, 0.25) is 0 Å². The number of rotatable bonds is 4. The molecule has 10 aromatic carbocycles. The number of hydrogen-bond donors (Lipinski definition) is 0. The first-order valence-corrected chi connectivity index (χ1v) is 23.1. The Labute approximate surface area is 370 Å². The Morgan fingerprint density at radius 1 is 0.333 bits per heavy atom. The van der Waals surface area contributed by atoms with Gasteiger partial charge in [0.05, 0.1) is 21.4 Å². The lowest BCUT2D eigenvalue weighted by atomic mass is 9.91. The van der Waals surface area contributed by atoms with Crippen molar-refractivity contribution in [2.45, 2.75) is 0 Å². The molecule has 4 heteroatoms. The molecule has 14 aromatic rings. The summed E-state index contributed by atoms with van der Waals surface area (Å²) >= 11 is 3.70. The van der Waals surface area contributed by atoms with Gasteiger partial charge in [-0.1, -0.05) is 158 Å². The fourth-order valence-electron chi connectivity index (χ4n) is 10.1. The summed E-state index contributed by atoms with van der Waals surface area (Å²) in [5.74, 6) is 0. The molecular weight excluding hydrogens is 801 g/mol. The van der Waals surface area contributed by atoms with Crippen LogP contribution in [0, 0.1) is 0 Å². The summed E-state index contributed by atoms with van der Waals surface area (Å²) in [6.07, 6.45) is 0. The normalized spacial score (nSPS) is 12.1. The first-order chi connectivity index (χ1) is 31.2. The lowest BCUT2D eigenvalue weighted by molar-refractivity contribution is 1.25. The third kappa shape index (κ3) is 5.39. The fraction of sp³-hybridized carbons (Fsp3) is 0. The van der Waals surface area contributed by atoms with E-state index in [0.29, 0.717) is 0 Å². The van der Waals surface area contributed by atoms with Gasteiger partial charge in [-0.3, -0.25) is 4.40 Å². The summed E-state index contributed by atoms with van der Waals surface area (Å²) in [6.45, 7) is 0. The Kier molecular flexibility index (Phi) is 7.47. The van der Waals surface area contributed by atoms with Gasteiger partial charge in [0.1, 0.15) is 0 Å². The highest BCUT2D eigenvalue weighted by Gasteiger charge is 2.19. The molecule has 0 fully saturated rings. The van der Waals surface area contributed by atoms with Crippen LogP contribution in [0.5, 0.6) is 0 Å². The predicted octanol–water partition coefficient (Wildman–Crippen LogP) is 17.4. The topological polar surface area (TPSA) is 17.3 Å². The Hall–Kier alpha value is -7.63. The molecule has 14 rings (SSSR count). The third-order valence-corrected chi connectivity index (χ3v) is 15.5. The lowest BCUT2D eigenvalue weighted by Crippen LogP contribution is -1.93. The lowest BCUT2D eigenvalue weighted by Gasteiger charge is -2.14. The number of fused-ring (bicyclic) bond motifs is 13. The zero-order valence-corrected chi connectivity index (χ0v) is 35.5. The molecule has 4 heterocycles. The highest BCUT2D eigenvalue weighted by atomic mass is 32.1. The van der Waals surface area contributed by atoms with Crippen LogP contribution >= 0.6 is 22.7 Å². The van der Waals surface area contributed by atoms with Gasteiger partial charge in [-0.25, -0.2) is 4.98 Å². The van der Waals surface area contributed by atoms with E-state index in [4.69, 9.17) is 4.98 Å². The molecule has 0 spiro atoms. The van der Waals surface area contributed by atoms with Crippen LogP contribution in [0.1, 0.15) is 0 Å². The molecule has 4 aromatic heterocycles. The molecule has 0 saturated heterocycles. The van der Waals surface area contributed by atoms with Crippen LogP contribution in [0.15, 0.2) is 206 Å². The van der Waals surface area contributed by atoms with Gasteiger partial charge in [0, 0.05) is 35.6 Å². The quantitative estimate of drug-likeness (QED) is 0.161. The number of imidazole rings is 1. The SMILES string of the molecule is c1ccc2cc3cc4c(cc3cc2c1)nc1c2sc3ccccc3c2cc(-c2ccc(-c3ccc(-c5ccc(-c6ccc7c(c6)sc6ccccc67)cc5)c5ccccc35)cc2)n41. The fourth-order valence-corrected chi connectivity index (χ4v) is 12.4. The third-order valence-electron chi connectivity index (χ3n) is 13.2. The first-order valence-electron chi connectivity index (χ1n) is 21.4. The van der Waals surface area contributed by atoms with Gasteiger partial charge in [-0.2, -0.15) is 0 Å². The zero-order chi connectivity index (χ0) is 41.2. The molecule has 0 radical (unpaired) electrons. The van der Waals surface area contributed by atoms with E-state index >= 15 is 0 Å². The molecule has 0 aliphatic heterocycles. The first kappa shape index (κ1) is 35.0. The number of nitrogens with zero attached hydrogens (tertiary/aromatic N) is 2. The van der Waals surface area contributed by atoms with Crippen molar-refractivity contribution in [1.29, 1.82) is 0 Å². The number of thiophene rings is 2. The van der Waals surface area contributed by atoms with E-state index in [1.54, 1.807) is 0 Å². The smallest absolute Gasteiger partial charge is 0.156 e. The maximum atomic E-state index is 5.40. The van der Waals surface area contributed by atoms with E-state index in [1.165, 1.54) is 106 Å². The van der Waals surface area contributed by atoms with Crippen LogP contribution in [0.4, 0.5) is 0 Å². The van der Waals surface area contributed by atoms with Crippen molar-refractivity contribution in [3.05, 3.63) is 206 Å². The highest BCUT2D eigenvalue weighted by Crippen LogP contribution is 2.43. The minimum Gasteiger partial charge on any atom is -0.291 e. The maximum absolute atomic E-state index is 5.40. The van der Waals surface area contributed by atoms with Gasteiger partial charge in [0.15, 0.2) is 5.65 Å². The second-order valence-electron chi connectivity index (χ2n) is 16.7. The van der Waals surface area contributed by atoms with Crippen molar-refractivity contribution in [2.24, 2.45) is 0 Å². The number of benzene rings is 10. The maximum Gasteiger partial charge on any atom is 0.156 e. The molecular formula is C59H34N2S2. The molecule has 0 atom stereocenters. The summed E-state index contributed by atoms with van der Waals surface area (Å²) in [7, 11) is 0. The van der Waals surface area contributed by atoms with E-state index in [2.05, 4.69) is 211 Å². The summed E-state index contributed by atoms with van der Waals surface area (Å²) in [5, 5.41) is 12.6. The van der Waals surface area contributed by atoms with Crippen molar-refractivity contribution < 1.29 is 0 Å². The number of pyridine rings is 1. The van der Waals surface area contributed by atoms with Crippen LogP contribution < -0.4 is 0 Å². The van der Waals surface area contributed by atoms with Gasteiger partial charge in [-0.05, 0) is 120 Å². The Morgan fingerprint density at radius 2 is 0.857 bits per heavy atom. The summed E-state index contributed by atoms with van der Waals surface area (Å²) in [4.78, 5) is 5.40. The Morgan fingerprint density at radius 3 is 1.54 bits per heavy atom. The average Bonchev–Trinajstić information content (AvgIpc) is 4.03. The minimum absolute atomic E-state index is 1.01. The molecule has 0 saturated carbocycles. The summed E-state index contributed by atoms with van der Waals surface area (Å²) < 4.78 is 7.56. The van der Waals surface area contributed by atoms with Gasteiger partial charge >= 0.3 is 0 Å². The van der Waals surface area contributed by atoms with E-state index in [1.807, 2.05) is 22.7 Å². The molecule has 0 N–H and O–H groups in total. The minimum atomic E-state index is 1.01. The van der Waals surface area contributed by atoms with E-state index in [-0.39, 0.29) is 0 Å². The van der Waals surface area contributed by atoms with E-state index in [9.17, 15) is 0 Å². The molecule has 2 nitrogen and oxygen atoms in total. The van der Waals surface area contributed by atoms with Gasteiger partial charge in [0.25, 0.3) is 0 Å². The molecule has 0 bridgehead atoms. The molecule has 0 aliphatic carbocycles. The second-order valence-corrected chi connectivity index (χ2v) is 18.8. The largest absolute Gasteiger partial charge is 0.291 e. The van der Waals surface area contributed by atoms with Gasteiger partial charge in [0.2, 0.25) is 0 Å². The van der Waals surface area contributed by atoms with Crippen molar-refractivity contribution in [3.63, 3.8) is 0 Å². The molecule has 0 aliphatic rings. The second kappa shape index (κ2) is 13.4. The monoisotopic (exact) mass is 834 g/mol. The molecule has 292 valence electrons. The van der Waals surface area contributed by atoms with Gasteiger partial charge < -0.3 is 0 Å².